The zero-order valence-electron chi connectivity index (χ0n) is 16.0. The van der Waals surface area contributed by atoms with Crippen LogP contribution < -0.4 is 15.4 Å². The van der Waals surface area contributed by atoms with Crippen molar-refractivity contribution in [1.29, 1.82) is 0 Å². The van der Waals surface area contributed by atoms with Crippen molar-refractivity contribution in [3.63, 3.8) is 0 Å². The third-order valence-corrected chi connectivity index (χ3v) is 5.30. The predicted octanol–water partition coefficient (Wildman–Crippen LogP) is 2.92. The quantitative estimate of drug-likeness (QED) is 0.823. The molecule has 2 N–H and O–H groups in total. The highest BCUT2D eigenvalue weighted by molar-refractivity contribution is 5.95. The fourth-order valence-corrected chi connectivity index (χ4v) is 4.02. The molecule has 1 aromatic carbocycles. The summed E-state index contributed by atoms with van der Waals surface area (Å²) in [6, 6.07) is 11.1. The van der Waals surface area contributed by atoms with Crippen molar-refractivity contribution < 1.29 is 9.53 Å². The minimum atomic E-state index is -0.144. The van der Waals surface area contributed by atoms with E-state index < -0.39 is 0 Å². The average Bonchev–Trinajstić information content (AvgIpc) is 3.24. The van der Waals surface area contributed by atoms with Gasteiger partial charge in [0.2, 0.25) is 0 Å². The van der Waals surface area contributed by atoms with E-state index in [4.69, 9.17) is 4.74 Å². The van der Waals surface area contributed by atoms with E-state index in [-0.39, 0.29) is 11.9 Å². The lowest BCUT2D eigenvalue weighted by molar-refractivity contribution is 0.0913. The van der Waals surface area contributed by atoms with E-state index in [9.17, 15) is 4.79 Å². The SMILES string of the molecule is CC(C)COc1cn(-c2ccccc2)nc1C(=O)NC1CC2CCC(C1)N2. The van der Waals surface area contributed by atoms with Crippen molar-refractivity contribution in [1.82, 2.24) is 20.4 Å². The Bertz CT molecular complexity index is 775. The molecule has 2 saturated heterocycles. The molecule has 6 heteroatoms. The first kappa shape index (κ1) is 18.0. The third-order valence-electron chi connectivity index (χ3n) is 5.30. The Kier molecular flexibility index (Phi) is 5.16. The topological polar surface area (TPSA) is 68.2 Å². The number of amides is 1. The first-order chi connectivity index (χ1) is 13.1. The first-order valence-electron chi connectivity index (χ1n) is 9.93. The molecule has 144 valence electrons. The number of aromatic nitrogens is 2. The zero-order valence-corrected chi connectivity index (χ0v) is 16.0. The van der Waals surface area contributed by atoms with Crippen LogP contribution in [0.5, 0.6) is 5.75 Å². The zero-order chi connectivity index (χ0) is 18.8. The van der Waals surface area contributed by atoms with Gasteiger partial charge in [-0.25, -0.2) is 4.68 Å². The second kappa shape index (κ2) is 7.72. The molecule has 0 radical (unpaired) electrons. The van der Waals surface area contributed by atoms with Crippen LogP contribution in [0.15, 0.2) is 36.5 Å². The maximum atomic E-state index is 13.0. The van der Waals surface area contributed by atoms with Gasteiger partial charge < -0.3 is 15.4 Å². The smallest absolute Gasteiger partial charge is 0.275 e. The molecule has 1 amide bonds. The fraction of sp³-hybridized carbons (Fsp3) is 0.524. The van der Waals surface area contributed by atoms with E-state index in [2.05, 4.69) is 29.6 Å². The Morgan fingerprint density at radius 2 is 1.96 bits per heavy atom. The number of nitrogens with zero attached hydrogens (tertiary/aromatic N) is 2. The molecule has 0 saturated carbocycles. The maximum absolute atomic E-state index is 13.0. The van der Waals surface area contributed by atoms with Crippen LogP contribution in [0, 0.1) is 5.92 Å². The summed E-state index contributed by atoms with van der Waals surface area (Å²) >= 11 is 0. The van der Waals surface area contributed by atoms with Crippen molar-refractivity contribution >= 4 is 5.91 Å². The van der Waals surface area contributed by atoms with Crippen LogP contribution in [0.2, 0.25) is 0 Å². The molecule has 2 fully saturated rings. The van der Waals surface area contributed by atoms with Gasteiger partial charge in [-0.1, -0.05) is 32.0 Å². The minimum Gasteiger partial charge on any atom is -0.489 e. The second-order valence-electron chi connectivity index (χ2n) is 8.11. The number of nitrogens with one attached hydrogen (secondary N) is 2. The molecule has 2 aromatic rings. The summed E-state index contributed by atoms with van der Waals surface area (Å²) in [5.41, 5.74) is 1.27. The summed E-state index contributed by atoms with van der Waals surface area (Å²) in [4.78, 5) is 13.0. The maximum Gasteiger partial charge on any atom is 0.275 e. The summed E-state index contributed by atoms with van der Waals surface area (Å²) in [5, 5.41) is 11.3. The van der Waals surface area contributed by atoms with Crippen molar-refractivity contribution in [2.24, 2.45) is 5.92 Å². The number of benzene rings is 1. The summed E-state index contributed by atoms with van der Waals surface area (Å²) in [5.74, 6) is 0.776. The molecule has 3 heterocycles. The van der Waals surface area contributed by atoms with E-state index in [1.807, 2.05) is 30.3 Å². The van der Waals surface area contributed by atoms with Crippen LogP contribution in [0.1, 0.15) is 50.0 Å². The highest BCUT2D eigenvalue weighted by atomic mass is 16.5. The molecule has 2 bridgehead atoms. The van der Waals surface area contributed by atoms with Crippen LogP contribution >= 0.6 is 0 Å². The lowest BCUT2D eigenvalue weighted by atomic mass is 10.00. The van der Waals surface area contributed by atoms with Gasteiger partial charge in [0.15, 0.2) is 11.4 Å². The van der Waals surface area contributed by atoms with E-state index >= 15 is 0 Å². The summed E-state index contributed by atoms with van der Waals surface area (Å²) < 4.78 is 7.63. The van der Waals surface area contributed by atoms with Crippen LogP contribution in [-0.4, -0.2) is 40.4 Å². The van der Waals surface area contributed by atoms with Crippen LogP contribution in [0.25, 0.3) is 5.69 Å². The third kappa shape index (κ3) is 4.16. The van der Waals surface area contributed by atoms with Crippen molar-refractivity contribution in [3.05, 3.63) is 42.2 Å². The van der Waals surface area contributed by atoms with E-state index in [1.54, 1.807) is 10.9 Å². The minimum absolute atomic E-state index is 0.144. The van der Waals surface area contributed by atoms with E-state index in [0.29, 0.717) is 36.1 Å². The summed E-state index contributed by atoms with van der Waals surface area (Å²) in [7, 11) is 0. The van der Waals surface area contributed by atoms with Gasteiger partial charge in [-0.3, -0.25) is 4.79 Å². The van der Waals surface area contributed by atoms with Crippen molar-refractivity contribution in [3.8, 4) is 11.4 Å². The molecule has 0 spiro atoms. The normalized spacial score (nSPS) is 24.2. The van der Waals surface area contributed by atoms with Gasteiger partial charge in [0, 0.05) is 18.1 Å². The van der Waals surface area contributed by atoms with Gasteiger partial charge >= 0.3 is 0 Å². The Labute approximate surface area is 160 Å². The monoisotopic (exact) mass is 368 g/mol. The molecule has 27 heavy (non-hydrogen) atoms. The molecule has 0 aliphatic carbocycles. The second-order valence-corrected chi connectivity index (χ2v) is 8.11. The molecule has 2 aliphatic heterocycles. The number of para-hydroxylation sites is 1. The van der Waals surface area contributed by atoms with Crippen LogP contribution in [0.3, 0.4) is 0 Å². The number of hydrogen-bond acceptors (Lipinski definition) is 4. The fourth-order valence-electron chi connectivity index (χ4n) is 4.02. The number of fused-ring (bicyclic) bond motifs is 2. The number of hydrogen-bond donors (Lipinski definition) is 2. The lowest BCUT2D eigenvalue weighted by Crippen LogP contribution is -2.48. The number of rotatable bonds is 6. The Balaban J connectivity index is 1.53. The average molecular weight is 368 g/mol. The van der Waals surface area contributed by atoms with Crippen molar-refractivity contribution in [2.75, 3.05) is 6.61 Å². The number of ether oxygens (including phenoxy) is 1. The summed E-state index contributed by atoms with van der Waals surface area (Å²) in [6.07, 6.45) is 6.21. The molecule has 2 aliphatic rings. The summed E-state index contributed by atoms with van der Waals surface area (Å²) in [6.45, 7) is 4.73. The number of carbonyl (C=O) groups excluding carboxylic acids is 1. The highest BCUT2D eigenvalue weighted by Gasteiger charge is 2.34. The number of piperidine rings is 1. The van der Waals surface area contributed by atoms with Gasteiger partial charge in [0.1, 0.15) is 0 Å². The van der Waals surface area contributed by atoms with E-state index in [1.165, 1.54) is 12.8 Å². The van der Waals surface area contributed by atoms with Crippen molar-refractivity contribution in [2.45, 2.75) is 57.7 Å². The Morgan fingerprint density at radius 3 is 2.63 bits per heavy atom. The van der Waals surface area contributed by atoms with Gasteiger partial charge in [-0.05, 0) is 43.7 Å². The largest absolute Gasteiger partial charge is 0.489 e. The molecule has 2 atom stereocenters. The molecule has 1 aromatic heterocycles. The Hall–Kier alpha value is -2.34. The van der Waals surface area contributed by atoms with Crippen LogP contribution in [-0.2, 0) is 0 Å². The molecular weight excluding hydrogens is 340 g/mol. The van der Waals surface area contributed by atoms with Gasteiger partial charge in [-0.15, -0.1) is 0 Å². The standard InChI is InChI=1S/C21H28N4O2/c1-14(2)13-27-19-12-25(18-6-4-3-5-7-18)24-20(19)21(26)23-17-10-15-8-9-16(11-17)22-15/h3-7,12,14-17,22H,8-11,13H2,1-2H3,(H,23,26). The van der Waals surface area contributed by atoms with Gasteiger partial charge in [0.25, 0.3) is 5.91 Å². The molecular formula is C21H28N4O2. The van der Waals surface area contributed by atoms with Gasteiger partial charge in [-0.2, -0.15) is 5.10 Å². The van der Waals surface area contributed by atoms with Crippen LogP contribution in [0.4, 0.5) is 0 Å². The predicted molar refractivity (Wildman–Crippen MR) is 104 cm³/mol. The lowest BCUT2D eigenvalue weighted by Gasteiger charge is -2.29. The van der Waals surface area contributed by atoms with Gasteiger partial charge in [0.05, 0.1) is 18.5 Å². The Morgan fingerprint density at radius 1 is 1.26 bits per heavy atom. The molecule has 4 rings (SSSR count). The van der Waals surface area contributed by atoms with E-state index in [0.717, 1.165) is 18.5 Å². The number of carbonyl (C=O) groups is 1. The highest BCUT2D eigenvalue weighted by Crippen LogP contribution is 2.27. The molecule has 2 unspecified atom stereocenters. The molecule has 6 nitrogen and oxygen atoms in total. The first-order valence-corrected chi connectivity index (χ1v) is 9.93.